The molecule has 1 heterocycles. The minimum atomic E-state index is -0.762. The number of nitrogens with one attached hydrogen (secondary N) is 1. The van der Waals surface area contributed by atoms with E-state index in [4.69, 9.17) is 4.74 Å². The second kappa shape index (κ2) is 8.77. The Balaban J connectivity index is 1.68. The monoisotopic (exact) mass is 372 g/mol. The molecule has 0 unspecified atom stereocenters. The smallest absolute Gasteiger partial charge is 0.245 e. The lowest BCUT2D eigenvalue weighted by molar-refractivity contribution is -0.141. The van der Waals surface area contributed by atoms with E-state index in [1.807, 2.05) is 38.1 Å². The van der Waals surface area contributed by atoms with E-state index in [1.54, 1.807) is 4.90 Å². The van der Waals surface area contributed by atoms with Gasteiger partial charge in [0.05, 0.1) is 6.61 Å². The molecule has 2 aliphatic rings. The van der Waals surface area contributed by atoms with Crippen LogP contribution >= 0.6 is 0 Å². The Morgan fingerprint density at radius 2 is 1.85 bits per heavy atom. The van der Waals surface area contributed by atoms with E-state index in [1.165, 1.54) is 25.7 Å². The largest absolute Gasteiger partial charge is 0.494 e. The van der Waals surface area contributed by atoms with Crippen molar-refractivity contribution in [1.29, 1.82) is 0 Å². The highest BCUT2D eigenvalue weighted by atomic mass is 16.5. The fourth-order valence-corrected chi connectivity index (χ4v) is 4.20. The van der Waals surface area contributed by atoms with Gasteiger partial charge in [-0.2, -0.15) is 0 Å². The average molecular weight is 373 g/mol. The highest BCUT2D eigenvalue weighted by Gasteiger charge is 2.47. The molecule has 1 aliphatic heterocycles. The quantitative estimate of drug-likeness (QED) is 0.773. The van der Waals surface area contributed by atoms with Crippen LogP contribution in [0.25, 0.3) is 0 Å². The molecule has 2 amide bonds. The summed E-state index contributed by atoms with van der Waals surface area (Å²) in [5.41, 5.74) is 0.254. The Bertz CT molecular complexity index is 650. The number of hydrogen-bond donors (Lipinski definition) is 1. The van der Waals surface area contributed by atoms with Gasteiger partial charge in [0, 0.05) is 19.0 Å². The van der Waals surface area contributed by atoms with Gasteiger partial charge in [0.25, 0.3) is 0 Å². The lowest BCUT2D eigenvalue weighted by Crippen LogP contribution is -2.56. The normalized spacial score (nSPS) is 23.9. The molecule has 148 valence electrons. The van der Waals surface area contributed by atoms with E-state index in [0.29, 0.717) is 26.0 Å². The highest BCUT2D eigenvalue weighted by Crippen LogP contribution is 2.33. The maximum absolute atomic E-state index is 13.1. The van der Waals surface area contributed by atoms with Gasteiger partial charge in [-0.15, -0.1) is 0 Å². The van der Waals surface area contributed by atoms with Gasteiger partial charge in [-0.05, 0) is 50.8 Å². The Morgan fingerprint density at radius 1 is 1.19 bits per heavy atom. The number of carbonyl (C=O) groups is 2. The molecule has 1 atom stereocenters. The standard InChI is InChI=1S/C22H32N2O3/c1-3-27-19-12-10-17(11-13-19)16-24-20(25)14-15-22(24,2)21(26)23-18-8-6-4-5-7-9-18/h10-13,18H,3-9,14-16H2,1-2H3,(H,23,26)/t22-/m0/s1. The zero-order chi connectivity index (χ0) is 19.3. The molecule has 3 rings (SSSR count). The average Bonchev–Trinajstić information content (AvgIpc) is 2.83. The molecule has 1 saturated heterocycles. The molecule has 5 nitrogen and oxygen atoms in total. The zero-order valence-electron chi connectivity index (χ0n) is 16.6. The molecule has 2 fully saturated rings. The van der Waals surface area contributed by atoms with E-state index >= 15 is 0 Å². The molecule has 1 saturated carbocycles. The number of ether oxygens (including phenoxy) is 1. The Labute approximate surface area is 162 Å². The molecule has 0 spiro atoms. The van der Waals surface area contributed by atoms with Crippen molar-refractivity contribution in [2.45, 2.75) is 83.3 Å². The van der Waals surface area contributed by atoms with E-state index in [-0.39, 0.29) is 17.9 Å². The first-order valence-corrected chi connectivity index (χ1v) is 10.4. The molecule has 5 heteroatoms. The van der Waals surface area contributed by atoms with Crippen LogP contribution in [0.3, 0.4) is 0 Å². The van der Waals surface area contributed by atoms with E-state index in [9.17, 15) is 9.59 Å². The van der Waals surface area contributed by atoms with Crippen molar-refractivity contribution >= 4 is 11.8 Å². The topological polar surface area (TPSA) is 58.6 Å². The third-order valence-corrected chi connectivity index (χ3v) is 5.98. The number of likely N-dealkylation sites (tertiary alicyclic amines) is 1. The maximum atomic E-state index is 13.1. The van der Waals surface area contributed by atoms with Crippen molar-refractivity contribution in [2.24, 2.45) is 0 Å². The zero-order valence-corrected chi connectivity index (χ0v) is 16.6. The first-order valence-electron chi connectivity index (χ1n) is 10.4. The molecule has 1 aromatic carbocycles. The Kier molecular flexibility index (Phi) is 6.40. The van der Waals surface area contributed by atoms with Crippen LogP contribution in [0.15, 0.2) is 24.3 Å². The number of nitrogens with zero attached hydrogens (tertiary/aromatic N) is 1. The molecular weight excluding hydrogens is 340 g/mol. The van der Waals surface area contributed by atoms with E-state index in [0.717, 1.165) is 24.2 Å². The molecule has 27 heavy (non-hydrogen) atoms. The summed E-state index contributed by atoms with van der Waals surface area (Å²) < 4.78 is 5.48. The van der Waals surface area contributed by atoms with Crippen LogP contribution in [-0.4, -0.2) is 34.9 Å². The summed E-state index contributed by atoms with van der Waals surface area (Å²) in [6.07, 6.45) is 7.99. The van der Waals surface area contributed by atoms with Gasteiger partial charge in [-0.3, -0.25) is 9.59 Å². The number of hydrogen-bond acceptors (Lipinski definition) is 3. The SMILES string of the molecule is CCOc1ccc(CN2C(=O)CC[C@@]2(C)C(=O)NC2CCCCCC2)cc1. The summed E-state index contributed by atoms with van der Waals surface area (Å²) in [5, 5.41) is 3.25. The predicted octanol–water partition coefficient (Wildman–Crippen LogP) is 3.81. The first kappa shape index (κ1) is 19.7. The van der Waals surface area contributed by atoms with Crippen LogP contribution in [-0.2, 0) is 16.1 Å². The summed E-state index contributed by atoms with van der Waals surface area (Å²) in [5.74, 6) is 0.886. The fourth-order valence-electron chi connectivity index (χ4n) is 4.20. The molecule has 0 aromatic heterocycles. The lowest BCUT2D eigenvalue weighted by atomic mass is 9.95. The van der Waals surface area contributed by atoms with E-state index < -0.39 is 5.54 Å². The van der Waals surface area contributed by atoms with Crippen molar-refractivity contribution in [3.8, 4) is 5.75 Å². The van der Waals surface area contributed by atoms with Crippen LogP contribution in [0.5, 0.6) is 5.75 Å². The third kappa shape index (κ3) is 4.63. The number of benzene rings is 1. The minimum Gasteiger partial charge on any atom is -0.494 e. The van der Waals surface area contributed by atoms with Gasteiger partial charge in [0.1, 0.15) is 11.3 Å². The van der Waals surface area contributed by atoms with Crippen molar-refractivity contribution in [1.82, 2.24) is 10.2 Å². The molecule has 0 radical (unpaired) electrons. The molecule has 0 bridgehead atoms. The predicted molar refractivity (Wildman–Crippen MR) is 105 cm³/mol. The van der Waals surface area contributed by atoms with Gasteiger partial charge in [-0.25, -0.2) is 0 Å². The van der Waals surface area contributed by atoms with Gasteiger partial charge >= 0.3 is 0 Å². The van der Waals surface area contributed by atoms with E-state index in [2.05, 4.69) is 5.32 Å². The summed E-state index contributed by atoms with van der Waals surface area (Å²) in [6.45, 7) is 4.96. The van der Waals surface area contributed by atoms with Gasteiger partial charge in [-0.1, -0.05) is 37.8 Å². The molecule has 1 aliphatic carbocycles. The van der Waals surface area contributed by atoms with Crippen molar-refractivity contribution < 1.29 is 14.3 Å². The fraction of sp³-hybridized carbons (Fsp3) is 0.636. The summed E-state index contributed by atoms with van der Waals surface area (Å²) in [6, 6.07) is 8.03. The summed E-state index contributed by atoms with van der Waals surface area (Å²) in [7, 11) is 0. The molecular formula is C22H32N2O3. The van der Waals surface area contributed by atoms with Crippen LogP contribution in [0.2, 0.25) is 0 Å². The van der Waals surface area contributed by atoms with Crippen LogP contribution < -0.4 is 10.1 Å². The van der Waals surface area contributed by atoms with Gasteiger partial charge in [0.2, 0.25) is 11.8 Å². The van der Waals surface area contributed by atoms with Crippen molar-refractivity contribution in [3.05, 3.63) is 29.8 Å². The second-order valence-corrected chi connectivity index (χ2v) is 7.99. The van der Waals surface area contributed by atoms with Gasteiger partial charge in [0.15, 0.2) is 0 Å². The summed E-state index contributed by atoms with van der Waals surface area (Å²) in [4.78, 5) is 27.4. The highest BCUT2D eigenvalue weighted by molar-refractivity contribution is 5.94. The number of amides is 2. The second-order valence-electron chi connectivity index (χ2n) is 7.99. The van der Waals surface area contributed by atoms with Gasteiger partial charge < -0.3 is 15.0 Å². The number of rotatable bonds is 6. The van der Waals surface area contributed by atoms with Crippen LogP contribution in [0.4, 0.5) is 0 Å². The van der Waals surface area contributed by atoms with Crippen LogP contribution in [0, 0.1) is 0 Å². The molecule has 1 N–H and O–H groups in total. The Hall–Kier alpha value is -2.04. The first-order chi connectivity index (χ1) is 13.0. The van der Waals surface area contributed by atoms with Crippen LogP contribution in [0.1, 0.15) is 70.8 Å². The maximum Gasteiger partial charge on any atom is 0.245 e. The van der Waals surface area contributed by atoms with Crippen molar-refractivity contribution in [3.63, 3.8) is 0 Å². The summed E-state index contributed by atoms with van der Waals surface area (Å²) >= 11 is 0. The number of carbonyl (C=O) groups excluding carboxylic acids is 2. The minimum absolute atomic E-state index is 0.00573. The lowest BCUT2D eigenvalue weighted by Gasteiger charge is -2.35. The third-order valence-electron chi connectivity index (χ3n) is 5.98. The molecule has 1 aromatic rings. The van der Waals surface area contributed by atoms with Crippen molar-refractivity contribution in [2.75, 3.05) is 6.61 Å². The Morgan fingerprint density at radius 3 is 2.48 bits per heavy atom.